The molecule has 0 radical (unpaired) electrons. The van der Waals surface area contributed by atoms with Crippen LogP contribution in [0.3, 0.4) is 0 Å². The van der Waals surface area contributed by atoms with Crippen LogP contribution in [0.1, 0.15) is 25.6 Å². The highest BCUT2D eigenvalue weighted by atomic mass is 19.1. The van der Waals surface area contributed by atoms with Gasteiger partial charge in [0.2, 0.25) is 0 Å². The molecule has 4 nitrogen and oxygen atoms in total. The van der Waals surface area contributed by atoms with Gasteiger partial charge in [-0.2, -0.15) is 5.10 Å². The van der Waals surface area contributed by atoms with Gasteiger partial charge < -0.3 is 4.74 Å². The summed E-state index contributed by atoms with van der Waals surface area (Å²) in [5.41, 5.74) is 3.49. The van der Waals surface area contributed by atoms with Crippen LogP contribution >= 0.6 is 0 Å². The van der Waals surface area contributed by atoms with Crippen LogP contribution in [0.25, 0.3) is 16.9 Å². The predicted octanol–water partition coefficient (Wildman–Crippen LogP) is 4.44. The molecule has 25 heavy (non-hydrogen) atoms. The van der Waals surface area contributed by atoms with Crippen molar-refractivity contribution in [1.82, 2.24) is 14.6 Å². The monoisotopic (exact) mass is 337 g/mol. The minimum Gasteiger partial charge on any atom is -0.491 e. The molecular weight excluding hydrogens is 317 g/mol. The molecule has 0 amide bonds. The van der Waals surface area contributed by atoms with Gasteiger partial charge in [0, 0.05) is 12.0 Å². The molecular formula is C20H20FN3O. The Morgan fingerprint density at radius 1 is 1.32 bits per heavy atom. The fraction of sp³-hybridized carbons (Fsp3) is 0.300. The van der Waals surface area contributed by atoms with E-state index in [1.54, 1.807) is 10.6 Å². The number of nitrogens with zero attached hydrogens (tertiary/aromatic N) is 3. The summed E-state index contributed by atoms with van der Waals surface area (Å²) in [5.74, 6) is 1.28. The number of halogens is 1. The molecule has 2 heterocycles. The van der Waals surface area contributed by atoms with E-state index in [-0.39, 0.29) is 11.6 Å². The molecule has 1 aromatic carbocycles. The van der Waals surface area contributed by atoms with Crippen molar-refractivity contribution in [2.24, 2.45) is 5.92 Å². The average Bonchev–Trinajstić information content (AvgIpc) is 3.37. The maximum atomic E-state index is 14.2. The van der Waals surface area contributed by atoms with Gasteiger partial charge in [0.25, 0.3) is 0 Å². The molecule has 0 spiro atoms. The van der Waals surface area contributed by atoms with Gasteiger partial charge in [-0.1, -0.05) is 18.2 Å². The lowest BCUT2D eigenvalue weighted by atomic mass is 10.1. The SMILES string of the molecule is C=C(Cc1nc2cccc(-c3ccc(OCC)c(F)c3)n2n1)C1CC1. The van der Waals surface area contributed by atoms with E-state index in [0.29, 0.717) is 18.9 Å². The second-order valence-electron chi connectivity index (χ2n) is 6.40. The van der Waals surface area contributed by atoms with E-state index < -0.39 is 0 Å². The zero-order chi connectivity index (χ0) is 17.4. The Kier molecular flexibility index (Phi) is 3.99. The molecule has 1 fully saturated rings. The third-order valence-electron chi connectivity index (χ3n) is 4.47. The van der Waals surface area contributed by atoms with Gasteiger partial charge in [0.15, 0.2) is 23.0 Å². The van der Waals surface area contributed by atoms with E-state index in [9.17, 15) is 4.39 Å². The third-order valence-corrected chi connectivity index (χ3v) is 4.47. The van der Waals surface area contributed by atoms with Crippen molar-refractivity contribution in [1.29, 1.82) is 0 Å². The summed E-state index contributed by atoms with van der Waals surface area (Å²) in [5, 5.41) is 4.62. The van der Waals surface area contributed by atoms with Crippen LogP contribution in [-0.2, 0) is 6.42 Å². The topological polar surface area (TPSA) is 39.4 Å². The Balaban J connectivity index is 1.70. The molecule has 0 bridgehead atoms. The molecule has 0 aliphatic heterocycles. The highest BCUT2D eigenvalue weighted by molar-refractivity contribution is 5.64. The second kappa shape index (κ2) is 6.31. The zero-order valence-corrected chi connectivity index (χ0v) is 14.2. The first-order valence-corrected chi connectivity index (χ1v) is 8.60. The zero-order valence-electron chi connectivity index (χ0n) is 14.2. The Morgan fingerprint density at radius 3 is 2.88 bits per heavy atom. The minimum absolute atomic E-state index is 0.262. The van der Waals surface area contributed by atoms with E-state index >= 15 is 0 Å². The number of benzene rings is 1. The summed E-state index contributed by atoms with van der Waals surface area (Å²) >= 11 is 0. The van der Waals surface area contributed by atoms with Gasteiger partial charge in [-0.15, -0.1) is 0 Å². The molecule has 1 aliphatic rings. The van der Waals surface area contributed by atoms with Crippen LogP contribution in [0, 0.1) is 11.7 Å². The lowest BCUT2D eigenvalue weighted by molar-refractivity contribution is 0.321. The number of pyridine rings is 1. The molecule has 0 unspecified atom stereocenters. The number of fused-ring (bicyclic) bond motifs is 1. The summed E-state index contributed by atoms with van der Waals surface area (Å²) in [4.78, 5) is 4.59. The molecule has 5 heteroatoms. The van der Waals surface area contributed by atoms with Crippen molar-refractivity contribution in [3.63, 3.8) is 0 Å². The van der Waals surface area contributed by atoms with Gasteiger partial charge in [0.05, 0.1) is 12.3 Å². The molecule has 2 aromatic heterocycles. The van der Waals surface area contributed by atoms with Crippen molar-refractivity contribution in [3.8, 4) is 17.0 Å². The van der Waals surface area contributed by atoms with Crippen molar-refractivity contribution < 1.29 is 9.13 Å². The van der Waals surface area contributed by atoms with Gasteiger partial charge in [-0.25, -0.2) is 13.9 Å². The summed E-state index contributed by atoms with van der Waals surface area (Å²) in [7, 11) is 0. The summed E-state index contributed by atoms with van der Waals surface area (Å²) in [6.45, 7) is 6.42. The van der Waals surface area contributed by atoms with Crippen LogP contribution in [0.2, 0.25) is 0 Å². The molecule has 4 rings (SSSR count). The Bertz CT molecular complexity index is 943. The van der Waals surface area contributed by atoms with Crippen molar-refractivity contribution in [3.05, 3.63) is 60.2 Å². The number of aromatic nitrogens is 3. The van der Waals surface area contributed by atoms with E-state index in [0.717, 1.165) is 22.7 Å². The average molecular weight is 337 g/mol. The van der Waals surface area contributed by atoms with Crippen LogP contribution in [-0.4, -0.2) is 21.2 Å². The third kappa shape index (κ3) is 3.14. The van der Waals surface area contributed by atoms with E-state index in [1.807, 2.05) is 31.2 Å². The molecule has 128 valence electrons. The molecule has 1 saturated carbocycles. The molecule has 0 saturated heterocycles. The number of ether oxygens (including phenoxy) is 1. The number of rotatable bonds is 6. The van der Waals surface area contributed by atoms with Gasteiger partial charge in [-0.3, -0.25) is 0 Å². The Morgan fingerprint density at radius 2 is 2.16 bits per heavy atom. The number of hydrogen-bond donors (Lipinski definition) is 0. The fourth-order valence-electron chi connectivity index (χ4n) is 3.01. The maximum absolute atomic E-state index is 14.2. The van der Waals surface area contributed by atoms with Crippen molar-refractivity contribution in [2.45, 2.75) is 26.2 Å². The molecule has 1 aliphatic carbocycles. The van der Waals surface area contributed by atoms with Crippen LogP contribution in [0.5, 0.6) is 5.75 Å². The highest BCUT2D eigenvalue weighted by Crippen LogP contribution is 2.36. The minimum atomic E-state index is -0.376. The highest BCUT2D eigenvalue weighted by Gasteiger charge is 2.25. The number of hydrogen-bond acceptors (Lipinski definition) is 3. The largest absolute Gasteiger partial charge is 0.491 e. The van der Waals surface area contributed by atoms with Crippen molar-refractivity contribution >= 4 is 5.65 Å². The Hall–Kier alpha value is -2.69. The van der Waals surface area contributed by atoms with Crippen LogP contribution in [0.15, 0.2) is 48.6 Å². The lowest BCUT2D eigenvalue weighted by Crippen LogP contribution is -1.98. The first kappa shape index (κ1) is 15.8. The quantitative estimate of drug-likeness (QED) is 0.624. The van der Waals surface area contributed by atoms with E-state index in [2.05, 4.69) is 16.7 Å². The normalized spacial score (nSPS) is 14.0. The van der Waals surface area contributed by atoms with Crippen LogP contribution < -0.4 is 4.74 Å². The standard InChI is InChI=1S/C20H20FN3O/c1-3-25-18-10-9-15(12-16(18)21)17-5-4-6-20-22-19(23-24(17)20)11-13(2)14-7-8-14/h4-6,9-10,12,14H,2-3,7-8,11H2,1H3. The molecule has 0 N–H and O–H groups in total. The Labute approximate surface area is 146 Å². The van der Waals surface area contributed by atoms with E-state index in [4.69, 9.17) is 4.74 Å². The maximum Gasteiger partial charge on any atom is 0.165 e. The fourth-order valence-corrected chi connectivity index (χ4v) is 3.01. The molecule has 0 atom stereocenters. The lowest BCUT2D eigenvalue weighted by Gasteiger charge is -2.08. The van der Waals surface area contributed by atoms with E-state index in [1.165, 1.54) is 24.5 Å². The summed E-state index contributed by atoms with van der Waals surface area (Å²) in [6, 6.07) is 10.7. The molecule has 3 aromatic rings. The second-order valence-corrected chi connectivity index (χ2v) is 6.40. The first-order chi connectivity index (χ1) is 12.2. The van der Waals surface area contributed by atoms with Gasteiger partial charge in [0.1, 0.15) is 0 Å². The van der Waals surface area contributed by atoms with Gasteiger partial charge in [-0.05, 0) is 56.0 Å². The van der Waals surface area contributed by atoms with Crippen molar-refractivity contribution in [2.75, 3.05) is 6.61 Å². The summed E-state index contributed by atoms with van der Waals surface area (Å²) in [6.07, 6.45) is 3.15. The summed E-state index contributed by atoms with van der Waals surface area (Å²) < 4.78 is 21.3. The first-order valence-electron chi connectivity index (χ1n) is 8.60. The van der Waals surface area contributed by atoms with Crippen LogP contribution in [0.4, 0.5) is 4.39 Å². The predicted molar refractivity (Wildman–Crippen MR) is 95.1 cm³/mol. The smallest absolute Gasteiger partial charge is 0.165 e. The number of allylic oxidation sites excluding steroid dienone is 1. The van der Waals surface area contributed by atoms with Gasteiger partial charge >= 0.3 is 0 Å².